The summed E-state index contributed by atoms with van der Waals surface area (Å²) in [7, 11) is 0. The van der Waals surface area contributed by atoms with Crippen LogP contribution in [0.25, 0.3) is 5.70 Å². The lowest BCUT2D eigenvalue weighted by Crippen LogP contribution is -2.45. The highest BCUT2D eigenvalue weighted by molar-refractivity contribution is 6.35. The minimum atomic E-state index is -1.38. The van der Waals surface area contributed by atoms with Gasteiger partial charge in [0.05, 0.1) is 11.4 Å². The maximum atomic E-state index is 12.0. The number of hydrogen-bond acceptors (Lipinski definition) is 5. The summed E-state index contributed by atoms with van der Waals surface area (Å²) in [4.78, 5) is 19.9. The molecule has 0 amide bonds. The fraction of sp³-hybridized carbons (Fsp3) is 0.133. The molecule has 0 aliphatic carbocycles. The Morgan fingerprint density at radius 2 is 2.13 bits per heavy atom. The van der Waals surface area contributed by atoms with E-state index in [1.165, 1.54) is 12.3 Å². The van der Waals surface area contributed by atoms with Gasteiger partial charge in [-0.05, 0) is 18.2 Å². The van der Waals surface area contributed by atoms with Crippen LogP contribution in [0, 0.1) is 0 Å². The molecule has 3 rings (SSSR count). The lowest BCUT2D eigenvalue weighted by molar-refractivity contribution is -0.144. The fourth-order valence-electron chi connectivity index (χ4n) is 2.55. The summed E-state index contributed by atoms with van der Waals surface area (Å²) in [6, 6.07) is 6.38. The molecule has 1 aromatic heterocycles. The Bertz CT molecular complexity index is 825. The predicted molar refractivity (Wildman–Crippen MR) is 87.9 cm³/mol. The minimum Gasteiger partial charge on any atom is -0.479 e. The molecule has 0 spiro atoms. The van der Waals surface area contributed by atoms with Gasteiger partial charge in [0.15, 0.2) is 5.54 Å². The number of nitrogen functional groups attached to an aromatic ring is 1. The Morgan fingerprint density at radius 3 is 2.78 bits per heavy atom. The molecule has 2 heterocycles. The van der Waals surface area contributed by atoms with Crippen LogP contribution in [0.1, 0.15) is 17.7 Å². The second-order valence-corrected chi connectivity index (χ2v) is 5.93. The van der Waals surface area contributed by atoms with Gasteiger partial charge in [0, 0.05) is 28.2 Å². The SMILES string of the molecule is Nc1nccc(C2=CCC(C(=O)O)(c3ccc(Cl)cc3Cl)N2)n1. The van der Waals surface area contributed by atoms with Gasteiger partial charge in [-0.3, -0.25) is 0 Å². The molecule has 23 heavy (non-hydrogen) atoms. The number of nitrogens with one attached hydrogen (secondary N) is 1. The number of aliphatic carboxylic acids is 1. The van der Waals surface area contributed by atoms with Crippen LogP contribution < -0.4 is 11.1 Å². The second kappa shape index (κ2) is 5.72. The summed E-state index contributed by atoms with van der Waals surface area (Å²) in [5, 5.41) is 13.5. The van der Waals surface area contributed by atoms with Crippen LogP contribution in [-0.2, 0) is 10.3 Å². The lowest BCUT2D eigenvalue weighted by Gasteiger charge is -2.28. The average Bonchev–Trinajstić information content (AvgIpc) is 2.93. The minimum absolute atomic E-state index is 0.113. The first kappa shape index (κ1) is 15.6. The van der Waals surface area contributed by atoms with Crippen LogP contribution >= 0.6 is 23.2 Å². The Kier molecular flexibility index (Phi) is 3.87. The molecular weight excluding hydrogens is 339 g/mol. The van der Waals surface area contributed by atoms with Crippen molar-refractivity contribution < 1.29 is 9.90 Å². The van der Waals surface area contributed by atoms with E-state index >= 15 is 0 Å². The smallest absolute Gasteiger partial charge is 0.334 e. The van der Waals surface area contributed by atoms with Crippen LogP contribution in [0.15, 0.2) is 36.5 Å². The number of nitrogens with two attached hydrogens (primary N) is 1. The largest absolute Gasteiger partial charge is 0.479 e. The summed E-state index contributed by atoms with van der Waals surface area (Å²) >= 11 is 12.1. The molecule has 1 aliphatic rings. The monoisotopic (exact) mass is 350 g/mol. The molecule has 0 saturated carbocycles. The van der Waals surface area contributed by atoms with Gasteiger partial charge in [0.25, 0.3) is 0 Å². The van der Waals surface area contributed by atoms with Crippen molar-refractivity contribution in [2.24, 2.45) is 0 Å². The van der Waals surface area contributed by atoms with Crippen LogP contribution in [0.2, 0.25) is 10.0 Å². The van der Waals surface area contributed by atoms with Gasteiger partial charge in [-0.1, -0.05) is 35.3 Å². The Morgan fingerprint density at radius 1 is 1.35 bits per heavy atom. The first-order valence-corrected chi connectivity index (χ1v) is 7.44. The third-order valence-corrected chi connectivity index (χ3v) is 4.21. The van der Waals surface area contributed by atoms with Gasteiger partial charge < -0.3 is 16.2 Å². The fourth-order valence-corrected chi connectivity index (χ4v) is 3.12. The number of carboxylic acids is 1. The maximum Gasteiger partial charge on any atom is 0.334 e. The predicted octanol–water partition coefficient (Wildman–Crippen LogP) is 2.68. The third kappa shape index (κ3) is 2.71. The van der Waals surface area contributed by atoms with Crippen LogP contribution in [0.3, 0.4) is 0 Å². The van der Waals surface area contributed by atoms with E-state index in [4.69, 9.17) is 28.9 Å². The highest BCUT2D eigenvalue weighted by atomic mass is 35.5. The molecule has 2 aromatic rings. The molecule has 1 aromatic carbocycles. The zero-order valence-corrected chi connectivity index (χ0v) is 13.3. The highest BCUT2D eigenvalue weighted by Crippen LogP contribution is 2.39. The Balaban J connectivity index is 2.01. The zero-order chi connectivity index (χ0) is 16.6. The quantitative estimate of drug-likeness (QED) is 0.786. The van der Waals surface area contributed by atoms with Gasteiger partial charge >= 0.3 is 5.97 Å². The number of rotatable bonds is 3. The molecule has 0 fully saturated rings. The maximum absolute atomic E-state index is 12.0. The molecule has 118 valence electrons. The second-order valence-electron chi connectivity index (χ2n) is 5.08. The van der Waals surface area contributed by atoms with E-state index in [1.54, 1.807) is 24.3 Å². The standard InChI is InChI=1S/C15H12Cl2N4O2/c16-8-1-2-9(10(17)7-8)15(13(22)23)5-3-12(21-15)11-4-6-19-14(18)20-11/h1-4,6-7,21H,5H2,(H,22,23)(H2,18,19,20). The van der Waals surface area contributed by atoms with Gasteiger partial charge in [0.2, 0.25) is 5.95 Å². The third-order valence-electron chi connectivity index (χ3n) is 3.67. The van der Waals surface area contributed by atoms with Crippen molar-refractivity contribution in [3.63, 3.8) is 0 Å². The van der Waals surface area contributed by atoms with Crippen molar-refractivity contribution in [1.29, 1.82) is 0 Å². The number of carbonyl (C=O) groups is 1. The van der Waals surface area contributed by atoms with Crippen LogP contribution in [0.4, 0.5) is 5.95 Å². The number of benzene rings is 1. The van der Waals surface area contributed by atoms with Crippen molar-refractivity contribution >= 4 is 40.8 Å². The van der Waals surface area contributed by atoms with Crippen molar-refractivity contribution in [1.82, 2.24) is 15.3 Å². The molecule has 0 bridgehead atoms. The lowest BCUT2D eigenvalue weighted by atomic mass is 9.88. The summed E-state index contributed by atoms with van der Waals surface area (Å²) in [5.41, 5.74) is 5.71. The highest BCUT2D eigenvalue weighted by Gasteiger charge is 2.45. The van der Waals surface area contributed by atoms with Gasteiger partial charge in [0.1, 0.15) is 0 Å². The molecule has 1 atom stereocenters. The number of anilines is 1. The molecule has 1 unspecified atom stereocenters. The van der Waals surface area contributed by atoms with E-state index in [1.807, 2.05) is 0 Å². The van der Waals surface area contributed by atoms with E-state index in [9.17, 15) is 9.90 Å². The van der Waals surface area contributed by atoms with E-state index in [0.717, 1.165) is 0 Å². The van der Waals surface area contributed by atoms with Gasteiger partial charge in [-0.2, -0.15) is 0 Å². The number of carboxylic acid groups (broad SMARTS) is 1. The number of halogens is 2. The van der Waals surface area contributed by atoms with Crippen molar-refractivity contribution in [3.8, 4) is 0 Å². The number of aromatic nitrogens is 2. The first-order chi connectivity index (χ1) is 10.9. The van der Waals surface area contributed by atoms with Crippen molar-refractivity contribution in [2.75, 3.05) is 5.73 Å². The molecule has 4 N–H and O–H groups in total. The Labute approximate surface area is 142 Å². The topological polar surface area (TPSA) is 101 Å². The number of hydrogen-bond donors (Lipinski definition) is 3. The molecule has 0 radical (unpaired) electrons. The normalized spacial score (nSPS) is 20.0. The molecule has 1 aliphatic heterocycles. The molecular formula is C15H12Cl2N4O2. The van der Waals surface area contributed by atoms with E-state index < -0.39 is 11.5 Å². The molecule has 0 saturated heterocycles. The summed E-state index contributed by atoms with van der Waals surface area (Å²) < 4.78 is 0. The van der Waals surface area contributed by atoms with Gasteiger partial charge in [-0.15, -0.1) is 0 Å². The average molecular weight is 351 g/mol. The van der Waals surface area contributed by atoms with E-state index in [2.05, 4.69) is 15.3 Å². The summed E-state index contributed by atoms with van der Waals surface area (Å²) in [5.74, 6) is -0.933. The first-order valence-electron chi connectivity index (χ1n) is 6.68. The Hall–Kier alpha value is -2.31. The van der Waals surface area contributed by atoms with Crippen LogP contribution in [0.5, 0.6) is 0 Å². The summed E-state index contributed by atoms with van der Waals surface area (Å²) in [6.07, 6.45) is 3.47. The summed E-state index contributed by atoms with van der Waals surface area (Å²) in [6.45, 7) is 0. The van der Waals surface area contributed by atoms with E-state index in [-0.39, 0.29) is 17.4 Å². The molecule has 6 nitrogen and oxygen atoms in total. The van der Waals surface area contributed by atoms with Crippen molar-refractivity contribution in [3.05, 3.63) is 57.8 Å². The van der Waals surface area contributed by atoms with Gasteiger partial charge in [-0.25, -0.2) is 14.8 Å². The van der Waals surface area contributed by atoms with E-state index in [0.29, 0.717) is 22.0 Å². The number of nitrogens with zero attached hydrogens (tertiary/aromatic N) is 2. The van der Waals surface area contributed by atoms with Crippen LogP contribution in [-0.4, -0.2) is 21.0 Å². The zero-order valence-electron chi connectivity index (χ0n) is 11.8. The molecule has 8 heteroatoms. The van der Waals surface area contributed by atoms with Crippen molar-refractivity contribution in [2.45, 2.75) is 12.0 Å².